The van der Waals surface area contributed by atoms with Gasteiger partial charge in [-0.25, -0.2) is 0 Å². The number of ether oxygens (including phenoxy) is 2. The fraction of sp³-hybridized carbons (Fsp3) is 0.115. The van der Waals surface area contributed by atoms with Crippen molar-refractivity contribution in [1.82, 2.24) is 10.4 Å². The van der Waals surface area contributed by atoms with Crippen molar-refractivity contribution in [2.75, 3.05) is 6.61 Å². The smallest absolute Gasteiger partial charge is 0.285 e. The molecule has 0 spiro atoms. The van der Waals surface area contributed by atoms with Crippen molar-refractivity contribution >= 4 is 89.7 Å². The largest absolute Gasteiger partial charge is 0.490 e. The van der Waals surface area contributed by atoms with Gasteiger partial charge in [-0.2, -0.15) is 5.01 Å². The van der Waals surface area contributed by atoms with E-state index in [9.17, 15) is 9.59 Å². The summed E-state index contributed by atoms with van der Waals surface area (Å²) in [5.74, 6) is 0.112. The number of carbonyl (C=O) groups is 2. The monoisotopic (exact) mass is 680 g/mol. The van der Waals surface area contributed by atoms with Crippen molar-refractivity contribution in [3.05, 3.63) is 96.2 Å². The first-order chi connectivity index (χ1) is 17.8. The van der Waals surface area contributed by atoms with Crippen molar-refractivity contribution in [3.8, 4) is 11.5 Å². The zero-order valence-electron chi connectivity index (χ0n) is 19.3. The molecule has 11 heteroatoms. The van der Waals surface area contributed by atoms with Crippen LogP contribution in [0, 0.1) is 0 Å². The van der Waals surface area contributed by atoms with E-state index in [1.165, 1.54) is 0 Å². The maximum Gasteiger partial charge on any atom is 0.285 e. The molecular formula is C26H19Br2ClN2O4S2. The number of thiocarbonyl (C=S) groups is 1. The second kappa shape index (κ2) is 12.4. The van der Waals surface area contributed by atoms with Gasteiger partial charge in [0.2, 0.25) is 0 Å². The molecule has 0 atom stereocenters. The molecule has 6 nitrogen and oxygen atoms in total. The van der Waals surface area contributed by atoms with Crippen LogP contribution < -0.4 is 14.9 Å². The SMILES string of the molecule is CCOc1cc(/C=C2/SC(=S)N(NC(=O)c3ccccc3Cl)C2=O)cc(Br)c1OCc1ccc(Br)cc1. The maximum absolute atomic E-state index is 13.0. The summed E-state index contributed by atoms with van der Waals surface area (Å²) in [4.78, 5) is 26.0. The standard InChI is InChI=1S/C26H19Br2ClN2O4S2/c1-2-34-21-12-16(11-19(28)23(21)35-14-15-7-9-17(27)10-8-15)13-22-25(33)31(26(36)37-22)30-24(32)18-5-3-4-6-20(18)29/h3-13H,2,14H2,1H3,(H,30,32)/b22-13+. The molecule has 2 amide bonds. The Hall–Kier alpha value is -2.37. The van der Waals surface area contributed by atoms with E-state index < -0.39 is 11.8 Å². The van der Waals surface area contributed by atoms with Crippen molar-refractivity contribution in [2.24, 2.45) is 0 Å². The van der Waals surface area contributed by atoms with E-state index in [-0.39, 0.29) is 14.9 Å². The van der Waals surface area contributed by atoms with E-state index in [0.717, 1.165) is 26.8 Å². The van der Waals surface area contributed by atoms with Gasteiger partial charge in [0.05, 0.1) is 26.6 Å². The first-order valence-corrected chi connectivity index (χ1v) is 14.1. The Labute approximate surface area is 245 Å². The van der Waals surface area contributed by atoms with E-state index in [1.54, 1.807) is 36.4 Å². The van der Waals surface area contributed by atoms with Gasteiger partial charge in [0, 0.05) is 4.47 Å². The van der Waals surface area contributed by atoms with E-state index >= 15 is 0 Å². The van der Waals surface area contributed by atoms with E-state index in [1.807, 2.05) is 37.3 Å². The quantitative estimate of drug-likeness (QED) is 0.198. The molecule has 1 aliphatic rings. The van der Waals surface area contributed by atoms with Gasteiger partial charge in [0.15, 0.2) is 15.8 Å². The predicted molar refractivity (Wildman–Crippen MR) is 158 cm³/mol. The highest BCUT2D eigenvalue weighted by atomic mass is 79.9. The number of halogens is 3. The summed E-state index contributed by atoms with van der Waals surface area (Å²) < 4.78 is 13.7. The van der Waals surface area contributed by atoms with Crippen LogP contribution in [0.3, 0.4) is 0 Å². The van der Waals surface area contributed by atoms with Crippen LogP contribution >= 0.6 is 67.4 Å². The summed E-state index contributed by atoms with van der Waals surface area (Å²) in [6.07, 6.45) is 1.69. The lowest BCUT2D eigenvalue weighted by Crippen LogP contribution is -2.44. The maximum atomic E-state index is 13.0. The molecule has 0 bridgehead atoms. The molecule has 37 heavy (non-hydrogen) atoms. The third-order valence-electron chi connectivity index (χ3n) is 5.05. The van der Waals surface area contributed by atoms with Crippen LogP contribution in [-0.4, -0.2) is 27.8 Å². The van der Waals surface area contributed by atoms with Crippen LogP contribution in [0.1, 0.15) is 28.4 Å². The molecule has 3 aromatic rings. The number of amides is 2. The molecular weight excluding hydrogens is 664 g/mol. The Morgan fingerprint density at radius 2 is 1.86 bits per heavy atom. The molecule has 0 saturated carbocycles. The molecule has 1 saturated heterocycles. The fourth-order valence-corrected chi connectivity index (χ4v) is 5.57. The van der Waals surface area contributed by atoms with Gasteiger partial charge in [-0.3, -0.25) is 15.0 Å². The normalized spacial score (nSPS) is 14.3. The predicted octanol–water partition coefficient (Wildman–Crippen LogP) is 7.39. The number of hydrazine groups is 1. The fourth-order valence-electron chi connectivity index (χ4n) is 3.33. The number of hydrogen-bond acceptors (Lipinski definition) is 6. The summed E-state index contributed by atoms with van der Waals surface area (Å²) >= 11 is 19.5. The van der Waals surface area contributed by atoms with Crippen molar-refractivity contribution in [2.45, 2.75) is 13.5 Å². The molecule has 1 fully saturated rings. The average Bonchev–Trinajstić information content (AvgIpc) is 3.12. The Bertz CT molecular complexity index is 1400. The van der Waals surface area contributed by atoms with Crippen LogP contribution in [0.25, 0.3) is 6.08 Å². The van der Waals surface area contributed by atoms with E-state index in [0.29, 0.717) is 39.7 Å². The topological polar surface area (TPSA) is 67.9 Å². The summed E-state index contributed by atoms with van der Waals surface area (Å²) in [5.41, 5.74) is 4.48. The highest BCUT2D eigenvalue weighted by molar-refractivity contribution is 9.10. The van der Waals surface area contributed by atoms with Crippen LogP contribution in [0.4, 0.5) is 0 Å². The lowest BCUT2D eigenvalue weighted by atomic mass is 10.1. The molecule has 0 aromatic heterocycles. The first-order valence-electron chi connectivity index (χ1n) is 10.9. The Morgan fingerprint density at radius 3 is 2.57 bits per heavy atom. The third-order valence-corrected chi connectivity index (χ3v) is 7.80. The number of nitrogens with zero attached hydrogens (tertiary/aromatic N) is 1. The zero-order valence-corrected chi connectivity index (χ0v) is 24.9. The average molecular weight is 683 g/mol. The lowest BCUT2D eigenvalue weighted by Gasteiger charge is -2.16. The summed E-state index contributed by atoms with van der Waals surface area (Å²) in [5, 5.41) is 1.32. The minimum absolute atomic E-state index is 0.204. The summed E-state index contributed by atoms with van der Waals surface area (Å²) in [7, 11) is 0. The van der Waals surface area contributed by atoms with Crippen LogP contribution in [0.2, 0.25) is 5.02 Å². The molecule has 1 heterocycles. The third kappa shape index (κ3) is 6.74. The molecule has 1 aliphatic heterocycles. The van der Waals surface area contributed by atoms with Gasteiger partial charge in [-0.05, 0) is 88.7 Å². The van der Waals surface area contributed by atoms with E-state index in [2.05, 4.69) is 37.3 Å². The van der Waals surface area contributed by atoms with Crippen LogP contribution in [-0.2, 0) is 11.4 Å². The highest BCUT2D eigenvalue weighted by Gasteiger charge is 2.34. The second-order valence-corrected chi connectivity index (χ2v) is 11.5. The number of rotatable bonds is 8. The summed E-state index contributed by atoms with van der Waals surface area (Å²) in [6.45, 7) is 2.67. The molecule has 0 unspecified atom stereocenters. The number of benzene rings is 3. The number of carbonyl (C=O) groups excluding carboxylic acids is 2. The zero-order chi connectivity index (χ0) is 26.5. The second-order valence-electron chi connectivity index (χ2n) is 7.62. The van der Waals surface area contributed by atoms with Gasteiger partial charge < -0.3 is 9.47 Å². The molecule has 190 valence electrons. The van der Waals surface area contributed by atoms with Gasteiger partial charge in [-0.15, -0.1) is 0 Å². The van der Waals surface area contributed by atoms with Gasteiger partial charge in [0.25, 0.3) is 11.8 Å². The molecule has 3 aromatic carbocycles. The van der Waals surface area contributed by atoms with Crippen molar-refractivity contribution in [3.63, 3.8) is 0 Å². The van der Waals surface area contributed by atoms with Crippen molar-refractivity contribution in [1.29, 1.82) is 0 Å². The van der Waals surface area contributed by atoms with Crippen LogP contribution in [0.15, 0.2) is 74.5 Å². The van der Waals surface area contributed by atoms with Gasteiger partial charge >= 0.3 is 0 Å². The van der Waals surface area contributed by atoms with Crippen LogP contribution in [0.5, 0.6) is 11.5 Å². The minimum atomic E-state index is -0.531. The molecule has 0 radical (unpaired) electrons. The summed E-state index contributed by atoms with van der Waals surface area (Å²) in [6, 6.07) is 18.0. The van der Waals surface area contributed by atoms with Gasteiger partial charge in [-0.1, -0.05) is 63.6 Å². The number of nitrogens with one attached hydrogen (secondary N) is 1. The molecule has 1 N–H and O–H groups in total. The number of thioether (sulfide) groups is 1. The highest BCUT2D eigenvalue weighted by Crippen LogP contribution is 2.39. The Morgan fingerprint density at radius 1 is 1.14 bits per heavy atom. The Balaban J connectivity index is 1.53. The Kier molecular flexibility index (Phi) is 9.31. The molecule has 0 aliphatic carbocycles. The first kappa shape index (κ1) is 27.7. The minimum Gasteiger partial charge on any atom is -0.490 e. The van der Waals surface area contributed by atoms with Gasteiger partial charge in [0.1, 0.15) is 6.61 Å². The lowest BCUT2D eigenvalue weighted by molar-refractivity contribution is -0.123. The molecule has 4 rings (SSSR count). The number of hydrogen-bond donors (Lipinski definition) is 1. The van der Waals surface area contributed by atoms with E-state index in [4.69, 9.17) is 33.3 Å². The van der Waals surface area contributed by atoms with Crippen molar-refractivity contribution < 1.29 is 19.1 Å².